The Kier molecular flexibility index (Phi) is 4.90. The smallest absolute Gasteiger partial charge is 0.219 e. The third-order valence-corrected chi connectivity index (χ3v) is 3.69. The number of benzene rings is 1. The van der Waals surface area contributed by atoms with E-state index < -0.39 is 0 Å². The highest BCUT2D eigenvalue weighted by Gasteiger charge is 2.11. The minimum Gasteiger partial charge on any atom is -0.439 e. The van der Waals surface area contributed by atoms with Crippen molar-refractivity contribution in [3.05, 3.63) is 52.2 Å². The quantitative estimate of drug-likeness (QED) is 0.676. The van der Waals surface area contributed by atoms with Crippen LogP contribution in [0.15, 0.2) is 30.5 Å². The van der Waals surface area contributed by atoms with Crippen molar-refractivity contribution in [2.75, 3.05) is 0 Å². The maximum Gasteiger partial charge on any atom is 0.219 e. The third kappa shape index (κ3) is 3.44. The summed E-state index contributed by atoms with van der Waals surface area (Å²) in [4.78, 5) is 4.20. The lowest BCUT2D eigenvalue weighted by atomic mass is 10.0. The number of rotatable bonds is 4. The van der Waals surface area contributed by atoms with E-state index in [-0.39, 0.29) is 0 Å². The zero-order valence-electron chi connectivity index (χ0n) is 11.8. The van der Waals surface area contributed by atoms with Gasteiger partial charge in [0.2, 0.25) is 5.88 Å². The highest BCUT2D eigenvalue weighted by Crippen LogP contribution is 2.32. The van der Waals surface area contributed by atoms with Crippen molar-refractivity contribution >= 4 is 23.2 Å². The number of aromatic nitrogens is 1. The second kappa shape index (κ2) is 6.47. The molecule has 0 N–H and O–H groups in total. The summed E-state index contributed by atoms with van der Waals surface area (Å²) >= 11 is 11.9. The van der Waals surface area contributed by atoms with Crippen LogP contribution >= 0.6 is 23.2 Å². The number of aryl methyl sites for hydroxylation is 1. The maximum atomic E-state index is 6.00. The predicted octanol–water partition coefficient (Wildman–Crippen LogP) is 5.70. The van der Waals surface area contributed by atoms with Crippen molar-refractivity contribution in [1.29, 1.82) is 0 Å². The van der Waals surface area contributed by atoms with Gasteiger partial charge in [-0.2, -0.15) is 0 Å². The summed E-state index contributed by atoms with van der Waals surface area (Å²) < 4.78 is 5.92. The highest BCUT2D eigenvalue weighted by molar-refractivity contribution is 6.32. The number of nitrogens with zero attached hydrogens (tertiary/aromatic N) is 1. The first-order chi connectivity index (χ1) is 9.51. The Hall–Kier alpha value is -1.25. The summed E-state index contributed by atoms with van der Waals surface area (Å²) in [7, 11) is 0. The van der Waals surface area contributed by atoms with Crippen molar-refractivity contribution in [3.8, 4) is 11.6 Å². The van der Waals surface area contributed by atoms with Crippen LogP contribution in [0.25, 0.3) is 0 Å². The monoisotopic (exact) mass is 309 g/mol. The first kappa shape index (κ1) is 15.1. The van der Waals surface area contributed by atoms with Crippen molar-refractivity contribution in [2.24, 2.45) is 0 Å². The van der Waals surface area contributed by atoms with Gasteiger partial charge in [0.15, 0.2) is 0 Å². The summed E-state index contributed by atoms with van der Waals surface area (Å²) in [6.07, 6.45) is 1.57. The van der Waals surface area contributed by atoms with Crippen LogP contribution in [-0.2, 0) is 5.88 Å². The standard InChI is InChI=1S/C16H17Cl2NO/c1-10(2)13-5-4-11(3)6-15(13)20-16-7-12(8-17)14(18)9-19-16/h4-7,9-10H,8H2,1-3H3. The molecule has 1 heterocycles. The molecule has 4 heteroatoms. The van der Waals surface area contributed by atoms with Gasteiger partial charge in [-0.1, -0.05) is 37.6 Å². The van der Waals surface area contributed by atoms with Crippen molar-refractivity contribution in [2.45, 2.75) is 32.6 Å². The average Bonchev–Trinajstić information content (AvgIpc) is 2.40. The van der Waals surface area contributed by atoms with Crippen LogP contribution in [0, 0.1) is 6.92 Å². The second-order valence-electron chi connectivity index (χ2n) is 5.05. The molecule has 2 rings (SSSR count). The van der Waals surface area contributed by atoms with Gasteiger partial charge >= 0.3 is 0 Å². The summed E-state index contributed by atoms with van der Waals surface area (Å²) in [6, 6.07) is 7.98. The molecule has 0 unspecified atom stereocenters. The zero-order valence-corrected chi connectivity index (χ0v) is 13.3. The van der Waals surface area contributed by atoms with E-state index in [0.717, 1.165) is 22.4 Å². The fourth-order valence-electron chi connectivity index (χ4n) is 1.94. The molecule has 1 aromatic heterocycles. The third-order valence-electron chi connectivity index (χ3n) is 3.06. The topological polar surface area (TPSA) is 22.1 Å². The number of ether oxygens (including phenoxy) is 1. The van der Waals surface area contributed by atoms with Crippen LogP contribution in [0.1, 0.15) is 36.5 Å². The minimum atomic E-state index is 0.336. The van der Waals surface area contributed by atoms with E-state index in [9.17, 15) is 0 Å². The molecule has 0 amide bonds. The van der Waals surface area contributed by atoms with Gasteiger partial charge in [-0.3, -0.25) is 0 Å². The summed E-state index contributed by atoms with van der Waals surface area (Å²) in [5, 5.41) is 0.556. The zero-order chi connectivity index (χ0) is 14.7. The largest absolute Gasteiger partial charge is 0.439 e. The van der Waals surface area contributed by atoms with Crippen LogP contribution in [0.2, 0.25) is 5.02 Å². The second-order valence-corrected chi connectivity index (χ2v) is 5.72. The fraction of sp³-hybridized carbons (Fsp3) is 0.312. The highest BCUT2D eigenvalue weighted by atomic mass is 35.5. The Morgan fingerprint density at radius 2 is 2.00 bits per heavy atom. The van der Waals surface area contributed by atoms with Gasteiger partial charge in [0, 0.05) is 18.1 Å². The summed E-state index contributed by atoms with van der Waals surface area (Å²) in [5.74, 6) is 2.06. The van der Waals surface area contributed by atoms with Crippen LogP contribution < -0.4 is 4.74 Å². The van der Waals surface area contributed by atoms with Crippen LogP contribution in [0.3, 0.4) is 0 Å². The molecule has 2 aromatic rings. The minimum absolute atomic E-state index is 0.336. The Balaban J connectivity index is 2.36. The summed E-state index contributed by atoms with van der Waals surface area (Å²) in [5.41, 5.74) is 3.12. The molecule has 106 valence electrons. The molecule has 0 aliphatic heterocycles. The lowest BCUT2D eigenvalue weighted by molar-refractivity contribution is 0.453. The molecule has 0 fully saturated rings. The van der Waals surface area contributed by atoms with Crippen molar-refractivity contribution in [1.82, 2.24) is 4.98 Å². The molecule has 0 radical (unpaired) electrons. The van der Waals surface area contributed by atoms with Gasteiger partial charge in [0.25, 0.3) is 0 Å². The molecule has 0 saturated heterocycles. The fourth-order valence-corrected chi connectivity index (χ4v) is 2.40. The van der Waals surface area contributed by atoms with E-state index in [4.69, 9.17) is 27.9 Å². The van der Waals surface area contributed by atoms with E-state index in [1.54, 1.807) is 12.3 Å². The summed E-state index contributed by atoms with van der Waals surface area (Å²) in [6.45, 7) is 6.31. The molecule has 0 atom stereocenters. The van der Waals surface area contributed by atoms with Gasteiger partial charge in [-0.05, 0) is 35.6 Å². The number of hydrogen-bond acceptors (Lipinski definition) is 2. The molecule has 0 aliphatic rings. The number of alkyl halides is 1. The van der Waals surface area contributed by atoms with Gasteiger partial charge in [0.1, 0.15) is 5.75 Å². The van der Waals surface area contributed by atoms with Gasteiger partial charge < -0.3 is 4.74 Å². The van der Waals surface area contributed by atoms with Crippen LogP contribution in [-0.4, -0.2) is 4.98 Å². The SMILES string of the molecule is Cc1ccc(C(C)C)c(Oc2cc(CCl)c(Cl)cn2)c1. The molecular formula is C16H17Cl2NO. The molecule has 1 aromatic carbocycles. The first-order valence-corrected chi connectivity index (χ1v) is 7.41. The van der Waals surface area contributed by atoms with Gasteiger partial charge in [0.05, 0.1) is 5.02 Å². The van der Waals surface area contributed by atoms with Gasteiger partial charge in [-0.15, -0.1) is 11.6 Å². The molecule has 0 spiro atoms. The lowest BCUT2D eigenvalue weighted by Gasteiger charge is -2.14. The number of pyridine rings is 1. The molecule has 0 aliphatic carbocycles. The molecule has 0 saturated carbocycles. The molecule has 0 bridgehead atoms. The van der Waals surface area contributed by atoms with E-state index >= 15 is 0 Å². The molecular weight excluding hydrogens is 293 g/mol. The van der Waals surface area contributed by atoms with E-state index in [1.807, 2.05) is 13.0 Å². The Morgan fingerprint density at radius 3 is 2.65 bits per heavy atom. The lowest BCUT2D eigenvalue weighted by Crippen LogP contribution is -1.97. The van der Waals surface area contributed by atoms with E-state index in [2.05, 4.69) is 31.0 Å². The Bertz CT molecular complexity index is 611. The predicted molar refractivity (Wildman–Crippen MR) is 84.1 cm³/mol. The van der Waals surface area contributed by atoms with E-state index in [0.29, 0.717) is 22.7 Å². The number of hydrogen-bond donors (Lipinski definition) is 0. The molecule has 2 nitrogen and oxygen atoms in total. The van der Waals surface area contributed by atoms with Crippen LogP contribution in [0.4, 0.5) is 0 Å². The average molecular weight is 310 g/mol. The first-order valence-electron chi connectivity index (χ1n) is 6.50. The molecule has 20 heavy (non-hydrogen) atoms. The van der Waals surface area contributed by atoms with Gasteiger partial charge in [-0.25, -0.2) is 4.98 Å². The maximum absolute atomic E-state index is 6.00. The van der Waals surface area contributed by atoms with E-state index in [1.165, 1.54) is 0 Å². The number of halogens is 2. The Labute approximate surface area is 129 Å². The normalized spacial score (nSPS) is 10.9. The van der Waals surface area contributed by atoms with Crippen molar-refractivity contribution < 1.29 is 4.74 Å². The van der Waals surface area contributed by atoms with Crippen LogP contribution in [0.5, 0.6) is 11.6 Å². The van der Waals surface area contributed by atoms with Crippen molar-refractivity contribution in [3.63, 3.8) is 0 Å². The Morgan fingerprint density at radius 1 is 1.25 bits per heavy atom.